The third kappa shape index (κ3) is 4.26. The van der Waals surface area contributed by atoms with Crippen molar-refractivity contribution < 1.29 is 9.53 Å². The predicted octanol–water partition coefficient (Wildman–Crippen LogP) is 4.61. The average Bonchev–Trinajstić information content (AvgIpc) is 3.16. The van der Waals surface area contributed by atoms with Crippen molar-refractivity contribution in [3.05, 3.63) is 94.5 Å². The molecule has 1 amide bonds. The van der Waals surface area contributed by atoms with Crippen LogP contribution in [0.3, 0.4) is 0 Å². The van der Waals surface area contributed by atoms with E-state index < -0.39 is 6.09 Å². The molecule has 0 atom stereocenters. The monoisotopic (exact) mass is 422 g/mol. The number of amides is 1. The minimum Gasteiger partial charge on any atom is -0.449 e. The van der Waals surface area contributed by atoms with Gasteiger partial charge in [-0.3, -0.25) is 0 Å². The van der Waals surface area contributed by atoms with Crippen LogP contribution in [0.15, 0.2) is 66.7 Å². The Bertz CT molecular complexity index is 1160. The lowest BCUT2D eigenvalue weighted by Gasteiger charge is -2.16. The molecule has 3 aromatic carbocycles. The number of nitrogens with one attached hydrogen (secondary N) is 2. The maximum atomic E-state index is 12.2. The minimum atomic E-state index is -0.394. The Hall–Kier alpha value is -3.55. The number of fused-ring (bicyclic) bond motifs is 4. The molecular weight excluding hydrogens is 396 g/mol. The van der Waals surface area contributed by atoms with Crippen molar-refractivity contribution in [3.63, 3.8) is 0 Å². The van der Waals surface area contributed by atoms with E-state index in [9.17, 15) is 4.79 Å². The summed E-state index contributed by atoms with van der Waals surface area (Å²) in [4.78, 5) is 12.2. The van der Waals surface area contributed by atoms with Gasteiger partial charge < -0.3 is 15.4 Å². The zero-order valence-corrected chi connectivity index (χ0v) is 18.0. The average molecular weight is 423 g/mol. The van der Waals surface area contributed by atoms with E-state index in [-0.39, 0.29) is 5.92 Å². The Morgan fingerprint density at radius 1 is 1.00 bits per heavy atom. The molecule has 4 nitrogen and oxygen atoms in total. The van der Waals surface area contributed by atoms with Gasteiger partial charge in [-0.05, 0) is 58.5 Å². The van der Waals surface area contributed by atoms with E-state index in [4.69, 9.17) is 4.74 Å². The molecule has 0 saturated heterocycles. The summed E-state index contributed by atoms with van der Waals surface area (Å²) in [5, 5.41) is 6.20. The summed E-state index contributed by atoms with van der Waals surface area (Å²) < 4.78 is 5.56. The van der Waals surface area contributed by atoms with Crippen molar-refractivity contribution >= 4 is 6.09 Å². The molecule has 2 aliphatic rings. The lowest BCUT2D eigenvalue weighted by molar-refractivity contribution is 0.143. The van der Waals surface area contributed by atoms with Crippen molar-refractivity contribution in [2.24, 2.45) is 0 Å². The summed E-state index contributed by atoms with van der Waals surface area (Å²) in [6, 6.07) is 23.1. The molecule has 0 spiro atoms. The third-order valence-corrected chi connectivity index (χ3v) is 6.19. The molecule has 0 unspecified atom stereocenters. The van der Waals surface area contributed by atoms with Crippen LogP contribution in [-0.2, 0) is 17.7 Å². The fourth-order valence-corrected chi connectivity index (χ4v) is 4.60. The van der Waals surface area contributed by atoms with E-state index in [0.29, 0.717) is 19.6 Å². The number of ether oxygens (including phenoxy) is 1. The van der Waals surface area contributed by atoms with E-state index in [1.807, 2.05) is 24.3 Å². The van der Waals surface area contributed by atoms with E-state index in [0.717, 1.165) is 25.1 Å². The highest BCUT2D eigenvalue weighted by Crippen LogP contribution is 2.44. The Balaban J connectivity index is 1.12. The van der Waals surface area contributed by atoms with E-state index >= 15 is 0 Å². The van der Waals surface area contributed by atoms with Gasteiger partial charge in [0.1, 0.15) is 6.61 Å². The molecule has 0 aromatic heterocycles. The molecule has 3 aromatic rings. The number of benzene rings is 3. The summed E-state index contributed by atoms with van der Waals surface area (Å²) in [5.41, 5.74) is 8.66. The minimum absolute atomic E-state index is 0.0761. The molecule has 5 rings (SSSR count). The number of carbonyl (C=O) groups is 1. The van der Waals surface area contributed by atoms with Crippen LogP contribution in [0.2, 0.25) is 0 Å². The predicted molar refractivity (Wildman–Crippen MR) is 126 cm³/mol. The lowest BCUT2D eigenvalue weighted by Crippen LogP contribution is -2.26. The Morgan fingerprint density at radius 2 is 1.75 bits per heavy atom. The van der Waals surface area contributed by atoms with E-state index in [2.05, 4.69) is 64.9 Å². The van der Waals surface area contributed by atoms with Crippen LogP contribution < -0.4 is 10.6 Å². The maximum Gasteiger partial charge on any atom is 0.407 e. The van der Waals surface area contributed by atoms with Crippen LogP contribution in [0.5, 0.6) is 0 Å². The van der Waals surface area contributed by atoms with Crippen molar-refractivity contribution in [1.29, 1.82) is 0 Å². The van der Waals surface area contributed by atoms with Crippen molar-refractivity contribution in [2.45, 2.75) is 25.3 Å². The van der Waals surface area contributed by atoms with Crippen molar-refractivity contribution in [1.82, 2.24) is 10.6 Å². The molecule has 160 valence electrons. The largest absolute Gasteiger partial charge is 0.449 e. The molecule has 2 N–H and O–H groups in total. The molecule has 0 radical (unpaired) electrons. The number of hydrogen-bond acceptors (Lipinski definition) is 3. The van der Waals surface area contributed by atoms with Crippen molar-refractivity contribution in [2.75, 3.05) is 19.7 Å². The standard InChI is InChI=1S/C28H26N2O2/c31-28(30-15-6-5-7-20-12-13-22-18-29-16-14-21(22)17-20)32-19-27-25-10-3-1-8-23(25)24-9-2-4-11-26(24)27/h1-4,8-13,17,27,29H,6,14-16,18-19H2,(H,30,31). The molecule has 0 fully saturated rings. The van der Waals surface area contributed by atoms with Gasteiger partial charge in [0, 0.05) is 31.0 Å². The van der Waals surface area contributed by atoms with Crippen LogP contribution >= 0.6 is 0 Å². The molecule has 0 bridgehead atoms. The van der Waals surface area contributed by atoms with Crippen LogP contribution in [-0.4, -0.2) is 25.8 Å². The Labute approximate surface area is 189 Å². The van der Waals surface area contributed by atoms with Gasteiger partial charge in [0.2, 0.25) is 0 Å². The quantitative estimate of drug-likeness (QED) is 0.477. The zero-order valence-electron chi connectivity index (χ0n) is 18.0. The first kappa shape index (κ1) is 20.4. The van der Waals surface area contributed by atoms with Gasteiger partial charge in [-0.1, -0.05) is 66.4 Å². The molecule has 4 heteroatoms. The zero-order chi connectivity index (χ0) is 21.8. The van der Waals surface area contributed by atoms with Gasteiger partial charge in [0.05, 0.1) is 0 Å². The van der Waals surface area contributed by atoms with Gasteiger partial charge in [-0.25, -0.2) is 4.79 Å². The highest BCUT2D eigenvalue weighted by molar-refractivity contribution is 5.79. The second kappa shape index (κ2) is 9.30. The van der Waals surface area contributed by atoms with Crippen LogP contribution in [0.25, 0.3) is 11.1 Å². The van der Waals surface area contributed by atoms with Crippen LogP contribution in [0.1, 0.15) is 40.2 Å². The van der Waals surface area contributed by atoms with Gasteiger partial charge in [-0.2, -0.15) is 0 Å². The first-order valence-electron chi connectivity index (χ1n) is 11.2. The molecule has 32 heavy (non-hydrogen) atoms. The fourth-order valence-electron chi connectivity index (χ4n) is 4.60. The highest BCUT2D eigenvalue weighted by Gasteiger charge is 2.28. The summed E-state index contributed by atoms with van der Waals surface area (Å²) in [6.07, 6.45) is 1.24. The first-order chi connectivity index (χ1) is 15.8. The number of hydrogen-bond donors (Lipinski definition) is 2. The molecule has 1 aliphatic carbocycles. The Morgan fingerprint density at radius 3 is 2.53 bits per heavy atom. The smallest absolute Gasteiger partial charge is 0.407 e. The molecule has 1 heterocycles. The Kier molecular flexibility index (Phi) is 5.91. The van der Waals surface area contributed by atoms with E-state index in [1.54, 1.807) is 0 Å². The summed E-state index contributed by atoms with van der Waals surface area (Å²) in [7, 11) is 0. The maximum absolute atomic E-state index is 12.2. The van der Waals surface area contributed by atoms with Gasteiger partial charge in [0.15, 0.2) is 0 Å². The van der Waals surface area contributed by atoms with Gasteiger partial charge in [-0.15, -0.1) is 0 Å². The first-order valence-corrected chi connectivity index (χ1v) is 11.2. The second-order valence-corrected chi connectivity index (χ2v) is 8.21. The number of carbonyl (C=O) groups excluding carboxylic acids is 1. The SMILES string of the molecule is O=C(NCCC#Cc1ccc2c(c1)CCNC2)OCC1c2ccccc2-c2ccccc21. The lowest BCUT2D eigenvalue weighted by atomic mass is 9.98. The normalized spacial score (nSPS) is 13.9. The second-order valence-electron chi connectivity index (χ2n) is 8.21. The number of rotatable bonds is 4. The van der Waals surface area contributed by atoms with Gasteiger partial charge in [0.25, 0.3) is 0 Å². The summed E-state index contributed by atoms with van der Waals surface area (Å²) in [6.45, 7) is 2.76. The molecule has 1 aliphatic heterocycles. The topological polar surface area (TPSA) is 50.4 Å². The van der Waals surface area contributed by atoms with E-state index in [1.165, 1.54) is 33.4 Å². The number of alkyl carbamates (subject to hydrolysis) is 1. The molecular formula is C28H26N2O2. The van der Waals surface area contributed by atoms with Crippen LogP contribution in [0.4, 0.5) is 4.79 Å². The van der Waals surface area contributed by atoms with Crippen LogP contribution in [0, 0.1) is 11.8 Å². The van der Waals surface area contributed by atoms with Crippen molar-refractivity contribution in [3.8, 4) is 23.0 Å². The summed E-state index contributed by atoms with van der Waals surface area (Å²) in [5.74, 6) is 6.43. The fraction of sp³-hybridized carbons (Fsp3) is 0.250. The highest BCUT2D eigenvalue weighted by atomic mass is 16.5. The molecule has 0 saturated carbocycles. The third-order valence-electron chi connectivity index (χ3n) is 6.19. The van der Waals surface area contributed by atoms with Gasteiger partial charge >= 0.3 is 6.09 Å². The summed E-state index contributed by atoms with van der Waals surface area (Å²) >= 11 is 0.